The van der Waals surface area contributed by atoms with Crippen molar-refractivity contribution in [3.8, 4) is 0 Å². The van der Waals surface area contributed by atoms with Gasteiger partial charge in [-0.1, -0.05) is 0 Å². The molecule has 0 unspecified atom stereocenters. The topological polar surface area (TPSA) is 85.5 Å². The fourth-order valence-electron chi connectivity index (χ4n) is 0. The monoisotopic (exact) mass is 552 g/mol. The third-order valence-corrected chi connectivity index (χ3v) is 0. The molecule has 0 aromatic rings. The second-order valence-electron chi connectivity index (χ2n) is 0. The summed E-state index contributed by atoms with van der Waals surface area (Å²) in [6.07, 6.45) is 0. The van der Waals surface area contributed by atoms with E-state index < -0.39 is 0 Å². The molecular weight excluding hydrogens is 552 g/mol. The van der Waals surface area contributed by atoms with Crippen LogP contribution in [-0.2, 0) is 16.4 Å². The third-order valence-electron chi connectivity index (χ3n) is 0. The van der Waals surface area contributed by atoms with Gasteiger partial charge < -0.3 is 16.4 Å². The molecule has 0 aliphatic heterocycles. The molecule has 0 fully saturated rings. The van der Waals surface area contributed by atoms with Gasteiger partial charge in [0.1, 0.15) is 0 Å². The fraction of sp³-hybridized carbons (Fsp3) is 0. The molecule has 0 bridgehead atoms. The van der Waals surface area contributed by atoms with E-state index in [1.54, 1.807) is 0 Å². The summed E-state index contributed by atoms with van der Waals surface area (Å²) in [5.74, 6) is 0. The van der Waals surface area contributed by atoms with Crippen molar-refractivity contribution in [1.29, 1.82) is 0 Å². The number of rotatable bonds is 0. The van der Waals surface area contributed by atoms with Crippen LogP contribution in [0.25, 0.3) is 0 Å². The van der Waals surface area contributed by atoms with Crippen LogP contribution in [0.2, 0.25) is 0 Å². The molecule has 46 valence electrons. The van der Waals surface area contributed by atoms with Crippen LogP contribution >= 0.6 is 0 Å². The van der Waals surface area contributed by atoms with Crippen LogP contribution < -0.4 is 0 Å². The summed E-state index contributed by atoms with van der Waals surface area (Å²) in [4.78, 5) is 0. The Morgan fingerprint density at radius 2 is 0.400 bits per heavy atom. The summed E-state index contributed by atoms with van der Waals surface area (Å²) in [6, 6.07) is 0. The van der Waals surface area contributed by atoms with E-state index in [1.165, 1.54) is 0 Å². The molecule has 0 aromatic heterocycles. The van der Waals surface area contributed by atoms with E-state index in [4.69, 9.17) is 0 Å². The molecule has 0 aromatic carbocycles. The largest absolute Gasteiger partial charge is 2.00 e. The predicted octanol–water partition coefficient (Wildman–Crippen LogP) is -0.356. The molecule has 2 radical (unpaired) electrons. The minimum atomic E-state index is 0. The standard InChI is InChI=1S/2Es.3O/q;;3*-2. The Balaban J connectivity index is 0. The Morgan fingerprint density at radius 1 is 0.400 bits per heavy atom. The molecule has 3 nitrogen and oxygen atoms in total. The summed E-state index contributed by atoms with van der Waals surface area (Å²) < 4.78 is 0. The van der Waals surface area contributed by atoms with Gasteiger partial charge in [0.15, 0.2) is 0 Å². The smallest absolute Gasteiger partial charge is 0 e. The molecule has 0 aliphatic rings. The zero-order chi connectivity index (χ0) is 0. The van der Waals surface area contributed by atoms with Gasteiger partial charge in [-0.25, -0.2) is 0 Å². The van der Waals surface area contributed by atoms with Crippen molar-refractivity contribution in [3.05, 3.63) is 0 Å². The molecule has 0 saturated carbocycles. The van der Waals surface area contributed by atoms with Gasteiger partial charge in [0.25, 0.3) is 0 Å². The maximum Gasteiger partial charge on any atom is 0 e. The Kier molecular flexibility index (Phi) is 0.147. The first-order valence-corrected chi connectivity index (χ1v) is 0. The third kappa shape index (κ3) is 0.00602. The molecule has 0 N–H and O–H groups in total. The van der Waals surface area contributed by atoms with E-state index in [2.05, 4.69) is 0 Å². The molecule has 0 spiro atoms. The first kappa shape index (κ1) is 2.26. The van der Waals surface area contributed by atoms with Gasteiger partial charge in [-0.05, 0) is 0 Å². The van der Waals surface area contributed by atoms with Crippen LogP contribution in [0.1, 0.15) is 0 Å². The molecule has 5 heteroatoms. The Labute approximate surface area is 17.8 Å². The first-order chi connectivity index (χ1) is 0. The van der Waals surface area contributed by atoms with Crippen LogP contribution in [0.15, 0.2) is 0 Å². The summed E-state index contributed by atoms with van der Waals surface area (Å²) in [5.41, 5.74) is 0. The van der Waals surface area contributed by atoms with Crippen LogP contribution in [-0.4, -0.2) is 0 Å². The van der Waals surface area contributed by atoms with E-state index >= 15 is 0 Å². The average molecular weight is 552 g/mol. The van der Waals surface area contributed by atoms with E-state index in [-0.39, 0.29) is 16.4 Å². The Morgan fingerprint density at radius 3 is 0.400 bits per heavy atom. The van der Waals surface area contributed by atoms with Crippen molar-refractivity contribution in [2.45, 2.75) is 0 Å². The molecule has 0 heterocycles. The normalized spacial score (nSPS) is 0. The second-order valence-corrected chi connectivity index (χ2v) is 0. The van der Waals surface area contributed by atoms with E-state index in [0.29, 0.717) is 0 Å². The summed E-state index contributed by atoms with van der Waals surface area (Å²) in [6.45, 7) is 0. The van der Waals surface area contributed by atoms with Crippen molar-refractivity contribution < 1.29 is 16.4 Å². The zero-order valence-corrected chi connectivity index (χ0v) is 6.85. The Bertz CT molecular complexity index is 4.85. The van der Waals surface area contributed by atoms with Crippen LogP contribution in [0, 0.1) is 0 Å². The van der Waals surface area contributed by atoms with Gasteiger partial charge in [-0.15, -0.1) is 0 Å². The van der Waals surface area contributed by atoms with Gasteiger partial charge in [0, 0.05) is 0 Å². The molecule has 0 saturated heterocycles. The summed E-state index contributed by atoms with van der Waals surface area (Å²) in [5, 5.41) is 0. The van der Waals surface area contributed by atoms with Crippen molar-refractivity contribution >= 4 is 0 Å². The predicted molar refractivity (Wildman–Crippen MR) is 2.06 cm³/mol. The van der Waals surface area contributed by atoms with Crippen molar-refractivity contribution in [2.24, 2.45) is 0 Å². The van der Waals surface area contributed by atoms with E-state index in [9.17, 15) is 0 Å². The van der Waals surface area contributed by atoms with Crippen molar-refractivity contribution in [1.82, 2.24) is 0 Å². The molecule has 5 heavy (non-hydrogen) atoms. The fourth-order valence-corrected chi connectivity index (χ4v) is 0. The van der Waals surface area contributed by atoms with Gasteiger partial charge in [0.2, 0.25) is 0 Å². The molecule has 0 amide bonds. The summed E-state index contributed by atoms with van der Waals surface area (Å²) in [7, 11) is 0. The van der Waals surface area contributed by atoms with Gasteiger partial charge in [-0.3, -0.25) is 0 Å². The molecule has 0 rings (SSSR count). The van der Waals surface area contributed by atoms with Crippen LogP contribution in [0.5, 0.6) is 0 Å². The Hall–Kier alpha value is -2.12. The minimum Gasteiger partial charge on any atom is -2.00 e. The van der Waals surface area contributed by atoms with Gasteiger partial charge in [-0.2, -0.15) is 0 Å². The molecular formula is Es2O3-6. The van der Waals surface area contributed by atoms with Crippen molar-refractivity contribution in [2.75, 3.05) is 0 Å². The van der Waals surface area contributed by atoms with E-state index in [0.717, 1.165) is 0 Å². The van der Waals surface area contributed by atoms with E-state index in [1.807, 2.05) is 0 Å². The quantitative estimate of drug-likeness (QED) is 0.394. The maximum atomic E-state index is 0. The van der Waals surface area contributed by atoms with Crippen LogP contribution in [0.4, 0.5) is 0 Å². The van der Waals surface area contributed by atoms with Crippen LogP contribution in [0.3, 0.4) is 0 Å². The SMILES string of the molecule is [Es].[Es].[O-2].[O-2].[O-2]. The first-order valence-electron chi connectivity index (χ1n) is 0. The van der Waals surface area contributed by atoms with Gasteiger partial charge >= 0.3 is 0 Å². The number of hydrogen-bond acceptors (Lipinski definition) is 0. The van der Waals surface area contributed by atoms with Gasteiger partial charge in [0.05, 0.1) is 0 Å². The molecule has 0 atom stereocenters. The molecule has 0 aliphatic carbocycles. The summed E-state index contributed by atoms with van der Waals surface area (Å²) >= 11 is 0. The zero-order valence-electron chi connectivity index (χ0n) is 1.83. The second kappa shape index (κ2) is 0.324. The minimum absolute atomic E-state index is 0. The van der Waals surface area contributed by atoms with Crippen molar-refractivity contribution in [3.63, 3.8) is 0 Å². The average Bonchev–Trinajstić information content (AvgIpc) is 0. The maximum absolute atomic E-state index is 0. The number of hydrogen-bond donors (Lipinski definition) is 0.